The van der Waals surface area contributed by atoms with E-state index < -0.39 is 17.3 Å². The average molecular weight is 300 g/mol. The van der Waals surface area contributed by atoms with Gasteiger partial charge in [0.05, 0.1) is 12.7 Å². The summed E-state index contributed by atoms with van der Waals surface area (Å²) < 4.78 is 19.5. The van der Waals surface area contributed by atoms with Crippen LogP contribution >= 0.6 is 15.9 Å². The molecule has 0 aromatic heterocycles. The summed E-state index contributed by atoms with van der Waals surface area (Å²) >= 11 is 3.15. The van der Waals surface area contributed by atoms with Crippen molar-refractivity contribution in [1.82, 2.24) is 0 Å². The van der Waals surface area contributed by atoms with Gasteiger partial charge < -0.3 is 9.84 Å². The number of ether oxygens (including phenoxy) is 1. The second kappa shape index (κ2) is 4.73. The number of benzene rings is 1. The van der Waals surface area contributed by atoms with Crippen LogP contribution in [0.5, 0.6) is 0 Å². The molecule has 1 saturated heterocycles. The third-order valence-electron chi connectivity index (χ3n) is 3.06. The molecule has 1 aromatic carbocycles. The van der Waals surface area contributed by atoms with E-state index in [4.69, 9.17) is 4.74 Å². The van der Waals surface area contributed by atoms with Gasteiger partial charge in [0, 0.05) is 16.6 Å². The largest absolute Gasteiger partial charge is 0.387 e. The molecule has 17 heavy (non-hydrogen) atoms. The zero-order valence-corrected chi connectivity index (χ0v) is 10.6. The molecule has 1 fully saturated rings. The van der Waals surface area contributed by atoms with E-state index >= 15 is 0 Å². The maximum atomic E-state index is 13.7. The zero-order valence-electron chi connectivity index (χ0n) is 8.99. The summed E-state index contributed by atoms with van der Waals surface area (Å²) in [5, 5.41) is 19.4. The number of nitriles is 1. The van der Waals surface area contributed by atoms with Crippen LogP contribution in [-0.4, -0.2) is 18.3 Å². The molecular formula is C12H11BrFNO2. The van der Waals surface area contributed by atoms with Crippen molar-refractivity contribution in [3.63, 3.8) is 0 Å². The Labute approximate surface area is 107 Å². The minimum absolute atomic E-state index is 0.139. The highest BCUT2D eigenvalue weighted by molar-refractivity contribution is 9.10. The fraction of sp³-hybridized carbons (Fsp3) is 0.417. The van der Waals surface area contributed by atoms with Crippen molar-refractivity contribution in [1.29, 1.82) is 5.26 Å². The summed E-state index contributed by atoms with van der Waals surface area (Å²) in [5.41, 5.74) is -0.894. The molecule has 0 radical (unpaired) electrons. The van der Waals surface area contributed by atoms with Gasteiger partial charge in [-0.2, -0.15) is 5.26 Å². The van der Waals surface area contributed by atoms with Crippen LogP contribution in [-0.2, 0) is 4.74 Å². The van der Waals surface area contributed by atoms with Crippen LogP contribution in [0.2, 0.25) is 0 Å². The molecule has 0 bridgehead atoms. The van der Waals surface area contributed by atoms with Crippen LogP contribution in [0.15, 0.2) is 22.7 Å². The van der Waals surface area contributed by atoms with Gasteiger partial charge in [-0.05, 0) is 18.6 Å². The second-order valence-corrected chi connectivity index (χ2v) is 5.05. The normalized spacial score (nSPS) is 25.5. The number of rotatable bonds is 2. The van der Waals surface area contributed by atoms with Gasteiger partial charge in [-0.15, -0.1) is 0 Å². The predicted molar refractivity (Wildman–Crippen MR) is 62.5 cm³/mol. The Kier molecular flexibility index (Phi) is 3.48. The maximum Gasteiger partial charge on any atom is 0.130 e. The van der Waals surface area contributed by atoms with Gasteiger partial charge in [0.15, 0.2) is 0 Å². The molecule has 5 heteroatoms. The lowest BCUT2D eigenvalue weighted by Crippen LogP contribution is -2.28. The lowest BCUT2D eigenvalue weighted by molar-refractivity contribution is 0.0478. The first kappa shape index (κ1) is 12.5. The van der Waals surface area contributed by atoms with E-state index in [9.17, 15) is 14.8 Å². The molecule has 0 aliphatic carbocycles. The van der Waals surface area contributed by atoms with E-state index in [0.717, 1.165) is 0 Å². The molecule has 0 amide bonds. The van der Waals surface area contributed by atoms with Gasteiger partial charge in [0.25, 0.3) is 0 Å². The summed E-state index contributed by atoms with van der Waals surface area (Å²) in [5.74, 6) is -0.520. The van der Waals surface area contributed by atoms with Crippen LogP contribution in [0.25, 0.3) is 0 Å². The van der Waals surface area contributed by atoms with Gasteiger partial charge in [0.1, 0.15) is 17.3 Å². The number of hydrogen-bond acceptors (Lipinski definition) is 3. The third kappa shape index (κ3) is 2.21. The quantitative estimate of drug-likeness (QED) is 0.913. The topological polar surface area (TPSA) is 53.2 Å². The van der Waals surface area contributed by atoms with E-state index in [1.54, 1.807) is 6.07 Å². The first-order valence-electron chi connectivity index (χ1n) is 5.21. The van der Waals surface area contributed by atoms with Crippen molar-refractivity contribution in [2.45, 2.75) is 12.5 Å². The molecule has 90 valence electrons. The van der Waals surface area contributed by atoms with Crippen molar-refractivity contribution in [3.8, 4) is 6.07 Å². The van der Waals surface area contributed by atoms with Crippen LogP contribution in [0, 0.1) is 22.6 Å². The highest BCUT2D eigenvalue weighted by atomic mass is 79.9. The second-order valence-electron chi connectivity index (χ2n) is 4.14. The van der Waals surface area contributed by atoms with Crippen LogP contribution in [0.3, 0.4) is 0 Å². The number of halogens is 2. The van der Waals surface area contributed by atoms with E-state index in [1.165, 1.54) is 12.1 Å². The van der Waals surface area contributed by atoms with Gasteiger partial charge in [-0.1, -0.05) is 22.0 Å². The predicted octanol–water partition coefficient (Wildman–Crippen LogP) is 2.55. The monoisotopic (exact) mass is 299 g/mol. The van der Waals surface area contributed by atoms with Crippen molar-refractivity contribution in [2.24, 2.45) is 5.41 Å². The molecule has 1 aliphatic rings. The van der Waals surface area contributed by atoms with Gasteiger partial charge in [-0.25, -0.2) is 4.39 Å². The van der Waals surface area contributed by atoms with Crippen molar-refractivity contribution >= 4 is 15.9 Å². The highest BCUT2D eigenvalue weighted by Crippen LogP contribution is 2.41. The van der Waals surface area contributed by atoms with Gasteiger partial charge in [-0.3, -0.25) is 0 Å². The van der Waals surface area contributed by atoms with Gasteiger partial charge in [0.2, 0.25) is 0 Å². The van der Waals surface area contributed by atoms with Crippen LogP contribution in [0.1, 0.15) is 18.1 Å². The minimum Gasteiger partial charge on any atom is -0.387 e. The Bertz CT molecular complexity index is 466. The SMILES string of the molecule is N#CC1(C(O)c2ccc(Br)cc2F)CCOC1. The summed E-state index contributed by atoms with van der Waals surface area (Å²) in [4.78, 5) is 0. The van der Waals surface area contributed by atoms with E-state index in [-0.39, 0.29) is 12.2 Å². The van der Waals surface area contributed by atoms with E-state index in [0.29, 0.717) is 17.5 Å². The summed E-state index contributed by atoms with van der Waals surface area (Å²) in [7, 11) is 0. The first-order valence-corrected chi connectivity index (χ1v) is 6.00. The highest BCUT2D eigenvalue weighted by Gasteiger charge is 2.43. The van der Waals surface area contributed by atoms with Crippen molar-refractivity contribution in [2.75, 3.05) is 13.2 Å². The fourth-order valence-corrected chi connectivity index (χ4v) is 2.30. The molecule has 1 aromatic rings. The van der Waals surface area contributed by atoms with Crippen LogP contribution < -0.4 is 0 Å². The standard InChI is InChI=1S/C12H11BrFNO2/c13-8-1-2-9(10(14)5-8)11(16)12(6-15)3-4-17-7-12/h1-2,5,11,16H,3-4,7H2. The van der Waals surface area contributed by atoms with Gasteiger partial charge >= 0.3 is 0 Å². The lowest BCUT2D eigenvalue weighted by atomic mass is 9.79. The number of aliphatic hydroxyl groups is 1. The maximum absolute atomic E-state index is 13.7. The lowest BCUT2D eigenvalue weighted by Gasteiger charge is -2.25. The molecule has 2 unspecified atom stereocenters. The molecule has 1 heterocycles. The molecule has 2 atom stereocenters. The smallest absolute Gasteiger partial charge is 0.130 e. The molecule has 1 N–H and O–H groups in total. The summed E-state index contributed by atoms with van der Waals surface area (Å²) in [6.45, 7) is 0.558. The van der Waals surface area contributed by atoms with Crippen LogP contribution in [0.4, 0.5) is 4.39 Å². The molecule has 3 nitrogen and oxygen atoms in total. The Morgan fingerprint density at radius 2 is 2.35 bits per heavy atom. The third-order valence-corrected chi connectivity index (χ3v) is 3.55. The minimum atomic E-state index is -1.16. The first-order chi connectivity index (χ1) is 8.09. The number of nitrogens with zero attached hydrogens (tertiary/aromatic N) is 1. The van der Waals surface area contributed by atoms with E-state index in [2.05, 4.69) is 22.0 Å². The molecule has 0 saturated carbocycles. The van der Waals surface area contributed by atoms with Crippen molar-refractivity contribution in [3.05, 3.63) is 34.1 Å². The number of hydrogen-bond donors (Lipinski definition) is 1. The molecule has 2 rings (SSSR count). The number of aliphatic hydroxyl groups excluding tert-OH is 1. The van der Waals surface area contributed by atoms with Crippen molar-refractivity contribution < 1.29 is 14.2 Å². The Morgan fingerprint density at radius 3 is 2.88 bits per heavy atom. The molecule has 1 aliphatic heterocycles. The summed E-state index contributed by atoms with van der Waals surface area (Å²) in [6, 6.07) is 6.47. The fourth-order valence-electron chi connectivity index (χ4n) is 1.97. The Morgan fingerprint density at radius 1 is 1.59 bits per heavy atom. The zero-order chi connectivity index (χ0) is 12.5. The Balaban J connectivity index is 2.36. The summed E-state index contributed by atoms with van der Waals surface area (Å²) in [6.07, 6.45) is -0.747. The molecular weight excluding hydrogens is 289 g/mol. The Hall–Kier alpha value is -0.960. The van der Waals surface area contributed by atoms with E-state index in [1.807, 2.05) is 0 Å². The average Bonchev–Trinajstić information content (AvgIpc) is 2.78. The molecule has 0 spiro atoms.